The summed E-state index contributed by atoms with van der Waals surface area (Å²) in [6.45, 7) is 0.921. The summed E-state index contributed by atoms with van der Waals surface area (Å²) in [5, 5.41) is 26.3. The molecule has 1 aliphatic heterocycles. The number of aromatic nitrogens is 4. The van der Waals surface area contributed by atoms with Gasteiger partial charge in [0.15, 0.2) is 17.7 Å². The van der Waals surface area contributed by atoms with Gasteiger partial charge in [0.05, 0.1) is 12.9 Å². The third-order valence-corrected chi connectivity index (χ3v) is 11.6. The second-order valence-electron chi connectivity index (χ2n) is 10.9. The zero-order chi connectivity index (χ0) is 36.8. The van der Waals surface area contributed by atoms with Crippen molar-refractivity contribution in [2.24, 2.45) is 5.41 Å². The van der Waals surface area contributed by atoms with Gasteiger partial charge in [-0.1, -0.05) is 0 Å². The number of ether oxygens (including phenoxy) is 1. The van der Waals surface area contributed by atoms with Crippen LogP contribution < -0.4 is 16.4 Å². The predicted octanol–water partition coefficient (Wildman–Crippen LogP) is -2.16. The average Bonchev–Trinajstić information content (AvgIpc) is 3.55. The van der Waals surface area contributed by atoms with Crippen molar-refractivity contribution < 1.29 is 75.7 Å². The van der Waals surface area contributed by atoms with Crippen molar-refractivity contribution in [1.82, 2.24) is 30.2 Å². The number of rotatable bonds is 19. The van der Waals surface area contributed by atoms with E-state index in [9.17, 15) is 53.1 Å². The number of fused-ring (bicyclic) bond motifs is 1. The molecule has 3 unspecified atom stereocenters. The van der Waals surface area contributed by atoms with Crippen LogP contribution >= 0.6 is 33.2 Å². The summed E-state index contributed by atoms with van der Waals surface area (Å²) in [5.74, 6) is -0.552. The first-order valence-corrected chi connectivity index (χ1v) is 22.4. The van der Waals surface area contributed by atoms with E-state index in [1.807, 2.05) is 0 Å². The van der Waals surface area contributed by atoms with Gasteiger partial charge in [-0.05, 0) is 0 Å². The van der Waals surface area contributed by atoms with Gasteiger partial charge < -0.3 is 35.2 Å². The van der Waals surface area contributed by atoms with Crippen molar-refractivity contribution in [2.75, 3.05) is 37.8 Å². The van der Waals surface area contributed by atoms with Crippen LogP contribution in [0.3, 0.4) is 0 Å². The summed E-state index contributed by atoms with van der Waals surface area (Å²) >= 11 is 1.45. The fourth-order valence-electron chi connectivity index (χ4n) is 4.19. The number of nitrogens with one attached hydrogen (secondary N) is 2. The summed E-state index contributed by atoms with van der Waals surface area (Å²) in [6, 6.07) is 0. The van der Waals surface area contributed by atoms with Crippen LogP contribution in [0.25, 0.3) is 11.2 Å². The second-order valence-corrected chi connectivity index (χ2v) is 18.0. The number of nitrogens with two attached hydrogens (primary N) is 1. The van der Waals surface area contributed by atoms with E-state index in [-0.39, 0.29) is 53.2 Å². The molecular weight excluding hydrogens is 828 g/mol. The molecule has 10 N–H and O–H groups in total. The van der Waals surface area contributed by atoms with E-state index in [0.717, 1.165) is 23.0 Å². The van der Waals surface area contributed by atoms with E-state index < -0.39 is 78.6 Å². The standard InChI is InChI=1S/C21H36N7O16P3S.Al.Ga/c1-21(2,16(31)19(32)24-4-3-12(29)23-5-6-48)8-41-47(38,39)44-46(36,37)40-7-11-15(43-45(33,34)35)14(30)20(42-11)28-10-27-13-17(22)25-9-26-18(13)28;;/h9-11,14-16,20,30-31,48H,3-8H2,1-2H3,(H,23,29)(H,24,32)(H,36,37)(H,38,39)(H2,22,25,26)(H2,33,34,35);;/q;;+1/p-1/t11-,14-,15-,16?,20-;;/m1../s1. The Morgan fingerprint density at radius 3 is 2.42 bits per heavy atom. The Kier molecular flexibility index (Phi) is 17.1. The molecule has 0 aliphatic carbocycles. The zero-order valence-corrected chi connectivity index (χ0v) is 33.4. The number of amides is 2. The molecule has 29 heteroatoms. The summed E-state index contributed by atoms with van der Waals surface area (Å²) in [6.07, 6.45) is -6.68. The average molecular weight is 863 g/mol. The third kappa shape index (κ3) is 13.2. The quantitative estimate of drug-likeness (QED) is 0.0413. The molecule has 0 aromatic carbocycles. The molecule has 2 aromatic rings. The fourth-order valence-corrected chi connectivity index (χ4v) is 7.98. The Labute approximate surface area is 308 Å². The van der Waals surface area contributed by atoms with Gasteiger partial charge in [-0.25, -0.2) is 28.6 Å². The molecule has 1 aliphatic rings. The summed E-state index contributed by atoms with van der Waals surface area (Å²) in [5.41, 5.74) is 4.32. The van der Waals surface area contributed by atoms with Crippen LogP contribution in [0.2, 0.25) is 0 Å². The number of phosphoric ester groups is 3. The fraction of sp³-hybridized carbons (Fsp3) is 0.667. The third-order valence-electron chi connectivity index (χ3n) is 6.62. The molecule has 1 fully saturated rings. The smallest absolute Gasteiger partial charge is 0 e. The minimum atomic E-state index is -5.53. The normalized spacial score (nSPS) is 22.6. The Balaban J connectivity index is 0.00000867. The van der Waals surface area contributed by atoms with Crippen molar-refractivity contribution in [3.8, 4) is 0 Å². The number of nitrogen functional groups attached to an aromatic ring is 1. The van der Waals surface area contributed by atoms with Crippen LogP contribution in [0.5, 0.6) is 0 Å². The SMILES string of the molecule is CC(C)(COP(=O)(O)OP(=O)(O)OC[C@H]1O[C@@H](n2cnc3c(N)ncnc32)[C@H](O)[C@@H]1OP(=O)(O)O)C(O)C(=O)NCCC(=O)NCC[S][Ga].[Al]. The van der Waals surface area contributed by atoms with Gasteiger partial charge in [-0.3, -0.25) is 18.1 Å². The first kappa shape index (κ1) is 45.2. The first-order chi connectivity index (χ1) is 22.7. The molecule has 2 amide bonds. The molecule has 23 nitrogen and oxygen atoms in total. The number of aliphatic hydroxyl groups is 2. The summed E-state index contributed by atoms with van der Waals surface area (Å²) in [4.78, 5) is 74.9. The van der Waals surface area contributed by atoms with E-state index in [1.165, 1.54) is 31.2 Å². The Morgan fingerprint density at radius 2 is 1.78 bits per heavy atom. The number of phosphoric acid groups is 3. The molecule has 277 valence electrons. The van der Waals surface area contributed by atoms with Crippen molar-refractivity contribution in [3.05, 3.63) is 12.7 Å². The first-order valence-electron chi connectivity index (χ1n) is 13.9. The van der Waals surface area contributed by atoms with Crippen LogP contribution in [0, 0.1) is 5.41 Å². The molecule has 0 saturated carbocycles. The number of aliphatic hydroxyl groups excluding tert-OH is 2. The molecule has 3 rings (SSSR count). The number of imidazole rings is 1. The minimum absolute atomic E-state index is 0. The topological polar surface area (TPSA) is 347 Å². The van der Waals surface area contributed by atoms with E-state index in [2.05, 4.69) is 34.4 Å². The van der Waals surface area contributed by atoms with Crippen molar-refractivity contribution in [3.63, 3.8) is 0 Å². The predicted molar refractivity (Wildman–Crippen MR) is 174 cm³/mol. The molecule has 5 radical (unpaired) electrons. The van der Waals surface area contributed by atoms with Crippen molar-refractivity contribution in [2.45, 2.75) is 50.9 Å². The van der Waals surface area contributed by atoms with Gasteiger partial charge in [-0.15, -0.1) is 0 Å². The van der Waals surface area contributed by atoms with Gasteiger partial charge in [0, 0.05) is 17.4 Å². The number of hydrogen-bond donors (Lipinski definition) is 9. The van der Waals surface area contributed by atoms with Gasteiger partial charge >= 0.3 is 145 Å². The van der Waals surface area contributed by atoms with E-state index >= 15 is 0 Å². The number of carbonyl (C=O) groups excluding carboxylic acids is 2. The Hall–Kier alpha value is -0.941. The van der Waals surface area contributed by atoms with Crippen LogP contribution in [0.1, 0.15) is 26.5 Å². The van der Waals surface area contributed by atoms with E-state index in [1.54, 1.807) is 9.70 Å². The van der Waals surface area contributed by atoms with Crippen LogP contribution in [0.15, 0.2) is 12.7 Å². The maximum absolute atomic E-state index is 12.6. The van der Waals surface area contributed by atoms with Gasteiger partial charge in [0.25, 0.3) is 0 Å². The molecule has 2 aromatic heterocycles. The number of hydrogen-bond acceptors (Lipinski definition) is 17. The van der Waals surface area contributed by atoms with Gasteiger partial charge in [0.1, 0.15) is 30.2 Å². The molecule has 3 heterocycles. The molecule has 1 saturated heterocycles. The van der Waals surface area contributed by atoms with Crippen LogP contribution in [-0.2, 0) is 45.9 Å². The van der Waals surface area contributed by atoms with Crippen LogP contribution in [0.4, 0.5) is 5.82 Å². The molecular formula is C21H35AlGaN7O16P3S. The van der Waals surface area contributed by atoms with Gasteiger partial charge in [-0.2, -0.15) is 4.31 Å². The largest absolute Gasteiger partial charge is 0 e. The maximum atomic E-state index is 12.6. The zero-order valence-electron chi connectivity index (χ0n) is 26.3. The number of nitrogens with zero attached hydrogens (tertiary/aromatic N) is 4. The number of anilines is 1. The summed E-state index contributed by atoms with van der Waals surface area (Å²) in [7, 11) is -14.7. The monoisotopic (exact) mass is 862 g/mol. The van der Waals surface area contributed by atoms with Gasteiger partial charge in [0.2, 0.25) is 0 Å². The van der Waals surface area contributed by atoms with Crippen molar-refractivity contribution in [1.29, 1.82) is 0 Å². The molecule has 0 spiro atoms. The van der Waals surface area contributed by atoms with Crippen LogP contribution in [-0.4, -0.2) is 152 Å². The van der Waals surface area contributed by atoms with E-state index in [4.69, 9.17) is 19.5 Å². The number of carbonyl (C=O) groups is 2. The Bertz CT molecular complexity index is 1620. The second kappa shape index (κ2) is 18.9. The molecule has 0 bridgehead atoms. The molecule has 7 atom stereocenters. The Morgan fingerprint density at radius 1 is 1.12 bits per heavy atom. The maximum Gasteiger partial charge on any atom is 0 e. The summed E-state index contributed by atoms with van der Waals surface area (Å²) < 4.78 is 61.8. The van der Waals surface area contributed by atoms with Crippen molar-refractivity contribution >= 4 is 96.7 Å². The molecule has 50 heavy (non-hydrogen) atoms. The minimum Gasteiger partial charge on any atom is 0 e. The van der Waals surface area contributed by atoms with E-state index in [0.29, 0.717) is 6.54 Å².